The number of rotatable bonds is 3. The van der Waals surface area contributed by atoms with E-state index in [1.165, 1.54) is 4.31 Å². The van der Waals surface area contributed by atoms with Gasteiger partial charge >= 0.3 is 0 Å². The van der Waals surface area contributed by atoms with E-state index in [1.807, 2.05) is 18.2 Å². The molecule has 0 aliphatic carbocycles. The molecule has 3 heterocycles. The van der Waals surface area contributed by atoms with Crippen LogP contribution in [0, 0.1) is 0 Å². The van der Waals surface area contributed by atoms with Crippen molar-refractivity contribution in [2.24, 2.45) is 0 Å². The topological polar surface area (TPSA) is 62.7 Å². The van der Waals surface area contributed by atoms with Gasteiger partial charge in [-0.05, 0) is 25.0 Å². The van der Waals surface area contributed by atoms with Gasteiger partial charge < -0.3 is 4.74 Å². The van der Waals surface area contributed by atoms with Gasteiger partial charge in [0, 0.05) is 44.0 Å². The second-order valence-corrected chi connectivity index (χ2v) is 7.40. The van der Waals surface area contributed by atoms with Crippen molar-refractivity contribution in [1.29, 1.82) is 0 Å². The number of nitrogens with zero attached hydrogens (tertiary/aromatic N) is 3. The number of ether oxygens (including phenoxy) is 1. The fourth-order valence-electron chi connectivity index (χ4n) is 2.95. The molecule has 2 fully saturated rings. The lowest BCUT2D eigenvalue weighted by Crippen LogP contribution is -2.51. The Morgan fingerprint density at radius 2 is 1.95 bits per heavy atom. The molecule has 0 bridgehead atoms. The summed E-state index contributed by atoms with van der Waals surface area (Å²) in [5, 5.41) is 0. The lowest BCUT2D eigenvalue weighted by Gasteiger charge is -2.36. The SMILES string of the molecule is O=S(=O)(N1CCOCC1)N1CCCC(c2ccccn2)C1. The average Bonchev–Trinajstić information content (AvgIpc) is 2.57. The highest BCUT2D eigenvalue weighted by Gasteiger charge is 2.35. The van der Waals surface area contributed by atoms with E-state index in [2.05, 4.69) is 4.98 Å². The molecular weight excluding hydrogens is 290 g/mol. The molecule has 21 heavy (non-hydrogen) atoms. The summed E-state index contributed by atoms with van der Waals surface area (Å²) in [6, 6.07) is 5.82. The van der Waals surface area contributed by atoms with Gasteiger partial charge in [0.2, 0.25) is 0 Å². The Hall–Kier alpha value is -1.02. The number of aromatic nitrogens is 1. The first-order chi connectivity index (χ1) is 10.2. The molecule has 0 aromatic carbocycles. The van der Waals surface area contributed by atoms with E-state index in [0.717, 1.165) is 18.5 Å². The smallest absolute Gasteiger partial charge is 0.282 e. The Balaban J connectivity index is 1.73. The quantitative estimate of drug-likeness (QED) is 0.830. The molecule has 1 aromatic heterocycles. The number of piperidine rings is 1. The van der Waals surface area contributed by atoms with Gasteiger partial charge in [-0.15, -0.1) is 0 Å². The van der Waals surface area contributed by atoms with Crippen LogP contribution in [0.1, 0.15) is 24.5 Å². The van der Waals surface area contributed by atoms with Crippen molar-refractivity contribution in [3.05, 3.63) is 30.1 Å². The van der Waals surface area contributed by atoms with Crippen LogP contribution in [-0.4, -0.2) is 61.4 Å². The molecule has 1 unspecified atom stereocenters. The van der Waals surface area contributed by atoms with E-state index in [4.69, 9.17) is 4.74 Å². The molecule has 6 nitrogen and oxygen atoms in total. The minimum absolute atomic E-state index is 0.191. The van der Waals surface area contributed by atoms with Gasteiger partial charge in [0.15, 0.2) is 0 Å². The fraction of sp³-hybridized carbons (Fsp3) is 0.643. The second-order valence-electron chi connectivity index (χ2n) is 5.47. The summed E-state index contributed by atoms with van der Waals surface area (Å²) in [6.07, 6.45) is 3.64. The van der Waals surface area contributed by atoms with Gasteiger partial charge in [0.25, 0.3) is 10.2 Å². The van der Waals surface area contributed by atoms with Crippen molar-refractivity contribution < 1.29 is 13.2 Å². The third kappa shape index (κ3) is 3.26. The Kier molecular flexibility index (Phi) is 4.54. The standard InChI is InChI=1S/C14H21N3O3S/c18-21(19,16-8-10-20-11-9-16)17-7-3-4-13(12-17)14-5-1-2-6-15-14/h1-2,5-6,13H,3-4,7-12H2. The van der Waals surface area contributed by atoms with E-state index < -0.39 is 10.2 Å². The largest absolute Gasteiger partial charge is 0.379 e. The first-order valence-corrected chi connectivity index (χ1v) is 8.81. The average molecular weight is 311 g/mol. The Bertz CT molecular complexity index is 558. The Morgan fingerprint density at radius 3 is 2.67 bits per heavy atom. The Labute approximate surface area is 125 Å². The van der Waals surface area contributed by atoms with Gasteiger partial charge in [-0.3, -0.25) is 4.98 Å². The van der Waals surface area contributed by atoms with Crippen LogP contribution in [0.25, 0.3) is 0 Å². The molecule has 0 saturated carbocycles. The number of hydrogen-bond donors (Lipinski definition) is 0. The molecule has 2 saturated heterocycles. The Morgan fingerprint density at radius 1 is 1.14 bits per heavy atom. The van der Waals surface area contributed by atoms with Gasteiger partial charge in [-0.1, -0.05) is 6.07 Å². The van der Waals surface area contributed by atoms with Gasteiger partial charge in [-0.2, -0.15) is 17.0 Å². The molecule has 1 atom stereocenters. The molecule has 7 heteroatoms. The van der Waals surface area contributed by atoms with Gasteiger partial charge in [-0.25, -0.2) is 0 Å². The second kappa shape index (κ2) is 6.39. The summed E-state index contributed by atoms with van der Waals surface area (Å²) in [5.74, 6) is 0.191. The van der Waals surface area contributed by atoms with E-state index in [1.54, 1.807) is 10.5 Å². The van der Waals surface area contributed by atoms with Crippen molar-refractivity contribution in [3.63, 3.8) is 0 Å². The fourth-order valence-corrected chi connectivity index (χ4v) is 4.62. The van der Waals surface area contributed by atoms with Crippen LogP contribution in [0.5, 0.6) is 0 Å². The first kappa shape index (κ1) is 14.9. The summed E-state index contributed by atoms with van der Waals surface area (Å²) < 4.78 is 33.8. The lowest BCUT2D eigenvalue weighted by molar-refractivity contribution is 0.0695. The number of pyridine rings is 1. The highest BCUT2D eigenvalue weighted by atomic mass is 32.2. The van der Waals surface area contributed by atoms with Crippen molar-refractivity contribution in [2.45, 2.75) is 18.8 Å². The molecule has 0 amide bonds. The summed E-state index contributed by atoms with van der Waals surface area (Å²) in [7, 11) is -3.37. The third-order valence-electron chi connectivity index (χ3n) is 4.11. The van der Waals surface area contributed by atoms with Gasteiger partial charge in [0.05, 0.1) is 13.2 Å². The summed E-state index contributed by atoms with van der Waals surface area (Å²) in [6.45, 7) is 2.99. The summed E-state index contributed by atoms with van der Waals surface area (Å²) >= 11 is 0. The maximum absolute atomic E-state index is 12.7. The van der Waals surface area contributed by atoms with Crippen molar-refractivity contribution in [1.82, 2.24) is 13.6 Å². The molecule has 2 aliphatic heterocycles. The molecule has 0 radical (unpaired) electrons. The van der Waals surface area contributed by atoms with Crippen LogP contribution in [0.3, 0.4) is 0 Å². The minimum Gasteiger partial charge on any atom is -0.379 e. The van der Waals surface area contributed by atoms with Gasteiger partial charge in [0.1, 0.15) is 0 Å². The number of morpholine rings is 1. The molecular formula is C14H21N3O3S. The highest BCUT2D eigenvalue weighted by molar-refractivity contribution is 7.86. The van der Waals surface area contributed by atoms with Crippen molar-refractivity contribution >= 4 is 10.2 Å². The van der Waals surface area contributed by atoms with Crippen LogP contribution >= 0.6 is 0 Å². The maximum Gasteiger partial charge on any atom is 0.282 e. The van der Waals surface area contributed by atoms with Crippen LogP contribution < -0.4 is 0 Å². The van der Waals surface area contributed by atoms with Crippen LogP contribution in [-0.2, 0) is 14.9 Å². The predicted octanol–water partition coefficient (Wildman–Crippen LogP) is 0.838. The zero-order valence-corrected chi connectivity index (χ0v) is 12.8. The normalized spacial score (nSPS) is 25.8. The van der Waals surface area contributed by atoms with Crippen LogP contribution in [0.4, 0.5) is 0 Å². The van der Waals surface area contributed by atoms with E-state index in [9.17, 15) is 8.42 Å². The summed E-state index contributed by atoms with van der Waals surface area (Å²) in [5.41, 5.74) is 0.986. The molecule has 116 valence electrons. The zero-order chi connectivity index (χ0) is 14.7. The maximum atomic E-state index is 12.7. The molecule has 1 aromatic rings. The van der Waals surface area contributed by atoms with Crippen molar-refractivity contribution in [2.75, 3.05) is 39.4 Å². The van der Waals surface area contributed by atoms with E-state index >= 15 is 0 Å². The van der Waals surface area contributed by atoms with E-state index in [-0.39, 0.29) is 5.92 Å². The minimum atomic E-state index is -3.37. The third-order valence-corrected chi connectivity index (χ3v) is 6.11. The van der Waals surface area contributed by atoms with Crippen molar-refractivity contribution in [3.8, 4) is 0 Å². The van der Waals surface area contributed by atoms with E-state index in [0.29, 0.717) is 39.4 Å². The van der Waals surface area contributed by atoms with Crippen LogP contribution in [0.15, 0.2) is 24.4 Å². The molecule has 3 rings (SSSR count). The molecule has 2 aliphatic rings. The lowest BCUT2D eigenvalue weighted by atomic mass is 9.96. The zero-order valence-electron chi connectivity index (χ0n) is 12.0. The number of hydrogen-bond acceptors (Lipinski definition) is 4. The monoisotopic (exact) mass is 311 g/mol. The molecule has 0 spiro atoms. The highest BCUT2D eigenvalue weighted by Crippen LogP contribution is 2.28. The van der Waals surface area contributed by atoms with Crippen LogP contribution in [0.2, 0.25) is 0 Å². The summed E-state index contributed by atoms with van der Waals surface area (Å²) in [4.78, 5) is 4.38. The molecule has 0 N–H and O–H groups in total. The predicted molar refractivity (Wildman–Crippen MR) is 79.1 cm³/mol. The first-order valence-electron chi connectivity index (χ1n) is 7.42.